The molecule has 0 N–H and O–H groups in total. The number of hydrogen-bond acceptors (Lipinski definition) is 4. The van der Waals surface area contributed by atoms with Gasteiger partial charge in [-0.1, -0.05) is 30.3 Å². The number of amides is 2. The molecule has 4 rings (SSSR count). The molecule has 1 aromatic carbocycles. The van der Waals surface area contributed by atoms with Crippen LogP contribution in [0.4, 0.5) is 0 Å². The first-order chi connectivity index (χ1) is 12.2. The summed E-state index contributed by atoms with van der Waals surface area (Å²) in [7, 11) is 0. The Morgan fingerprint density at radius 2 is 1.88 bits per heavy atom. The Kier molecular flexibility index (Phi) is 4.17. The molecule has 0 bridgehead atoms. The molecule has 3 heterocycles. The SMILES string of the molecule is O=C1C[C@H]2CN(C(=O)c3ccncn3)C[C@H]2CN1Cc1ccccc1. The summed E-state index contributed by atoms with van der Waals surface area (Å²) in [4.78, 5) is 36.7. The Balaban J connectivity index is 1.43. The third kappa shape index (κ3) is 3.24. The van der Waals surface area contributed by atoms with Crippen LogP contribution in [0.15, 0.2) is 48.9 Å². The van der Waals surface area contributed by atoms with Gasteiger partial charge < -0.3 is 9.80 Å². The molecule has 0 spiro atoms. The van der Waals surface area contributed by atoms with Crippen LogP contribution in [-0.2, 0) is 11.3 Å². The Bertz CT molecular complexity index is 766. The number of carbonyl (C=O) groups excluding carboxylic acids is 2. The van der Waals surface area contributed by atoms with Crippen LogP contribution in [-0.4, -0.2) is 51.2 Å². The maximum atomic E-state index is 12.6. The van der Waals surface area contributed by atoms with Gasteiger partial charge in [-0.3, -0.25) is 9.59 Å². The molecule has 25 heavy (non-hydrogen) atoms. The molecule has 0 saturated carbocycles. The predicted molar refractivity (Wildman–Crippen MR) is 91.4 cm³/mol. The van der Waals surface area contributed by atoms with E-state index >= 15 is 0 Å². The second-order valence-corrected chi connectivity index (χ2v) is 6.79. The molecule has 2 aliphatic heterocycles. The first-order valence-corrected chi connectivity index (χ1v) is 8.57. The molecule has 2 aliphatic rings. The molecule has 0 aliphatic carbocycles. The minimum absolute atomic E-state index is 0.0705. The van der Waals surface area contributed by atoms with E-state index in [1.165, 1.54) is 6.33 Å². The highest BCUT2D eigenvalue weighted by Gasteiger charge is 2.42. The average molecular weight is 336 g/mol. The molecule has 2 aromatic rings. The Hall–Kier alpha value is -2.76. The zero-order valence-corrected chi connectivity index (χ0v) is 13.9. The van der Waals surface area contributed by atoms with Gasteiger partial charge in [0.2, 0.25) is 5.91 Å². The summed E-state index contributed by atoms with van der Waals surface area (Å²) in [5.74, 6) is 0.706. The molecule has 128 valence electrons. The fourth-order valence-electron chi connectivity index (χ4n) is 3.82. The van der Waals surface area contributed by atoms with Crippen LogP contribution in [0.2, 0.25) is 0 Å². The van der Waals surface area contributed by atoms with E-state index in [9.17, 15) is 9.59 Å². The monoisotopic (exact) mass is 336 g/mol. The number of aromatic nitrogens is 2. The van der Waals surface area contributed by atoms with Crippen molar-refractivity contribution >= 4 is 11.8 Å². The topological polar surface area (TPSA) is 66.4 Å². The van der Waals surface area contributed by atoms with Crippen molar-refractivity contribution in [1.29, 1.82) is 0 Å². The highest BCUT2D eigenvalue weighted by atomic mass is 16.2. The summed E-state index contributed by atoms with van der Waals surface area (Å²) in [6.07, 6.45) is 3.49. The Morgan fingerprint density at radius 3 is 2.64 bits per heavy atom. The lowest BCUT2D eigenvalue weighted by Crippen LogP contribution is -2.43. The van der Waals surface area contributed by atoms with Crippen molar-refractivity contribution in [3.8, 4) is 0 Å². The Labute approximate surface area is 146 Å². The van der Waals surface area contributed by atoms with Gasteiger partial charge >= 0.3 is 0 Å². The van der Waals surface area contributed by atoms with Crippen molar-refractivity contribution in [3.63, 3.8) is 0 Å². The van der Waals surface area contributed by atoms with Crippen LogP contribution in [0.25, 0.3) is 0 Å². The van der Waals surface area contributed by atoms with E-state index in [2.05, 4.69) is 9.97 Å². The van der Waals surface area contributed by atoms with Gasteiger partial charge in [-0.15, -0.1) is 0 Å². The number of piperidine rings is 1. The fourth-order valence-corrected chi connectivity index (χ4v) is 3.82. The van der Waals surface area contributed by atoms with Crippen molar-refractivity contribution in [2.75, 3.05) is 19.6 Å². The zero-order chi connectivity index (χ0) is 17.2. The standard InChI is InChI=1S/C19H20N4O2/c24-18-8-15-10-23(19(25)17-6-7-20-13-21-17)12-16(15)11-22(18)9-14-4-2-1-3-5-14/h1-7,13,15-16H,8-12H2/t15-,16+/m0/s1. The first-order valence-electron chi connectivity index (χ1n) is 8.57. The van der Waals surface area contributed by atoms with Gasteiger partial charge in [-0.2, -0.15) is 0 Å². The molecule has 6 heteroatoms. The summed E-state index contributed by atoms with van der Waals surface area (Å²) in [6.45, 7) is 2.68. The van der Waals surface area contributed by atoms with Crippen LogP contribution >= 0.6 is 0 Å². The van der Waals surface area contributed by atoms with Crippen LogP contribution in [0.3, 0.4) is 0 Å². The molecule has 2 fully saturated rings. The molecular weight excluding hydrogens is 316 g/mol. The van der Waals surface area contributed by atoms with Crippen molar-refractivity contribution in [1.82, 2.24) is 19.8 Å². The van der Waals surface area contributed by atoms with E-state index < -0.39 is 0 Å². The number of rotatable bonds is 3. The molecule has 1 aromatic heterocycles. The van der Waals surface area contributed by atoms with E-state index in [0.29, 0.717) is 44.2 Å². The molecule has 2 saturated heterocycles. The highest BCUT2D eigenvalue weighted by Crippen LogP contribution is 2.33. The summed E-state index contributed by atoms with van der Waals surface area (Å²) >= 11 is 0. The zero-order valence-electron chi connectivity index (χ0n) is 13.9. The van der Waals surface area contributed by atoms with Crippen LogP contribution < -0.4 is 0 Å². The second kappa shape index (κ2) is 6.63. The minimum Gasteiger partial charge on any atom is -0.338 e. The van der Waals surface area contributed by atoms with Crippen LogP contribution in [0.1, 0.15) is 22.5 Å². The smallest absolute Gasteiger partial charge is 0.272 e. The summed E-state index contributed by atoms with van der Waals surface area (Å²) in [5, 5.41) is 0. The third-order valence-corrected chi connectivity index (χ3v) is 5.13. The molecular formula is C19H20N4O2. The largest absolute Gasteiger partial charge is 0.338 e. The molecule has 6 nitrogen and oxygen atoms in total. The number of benzene rings is 1. The van der Waals surface area contributed by atoms with E-state index in [4.69, 9.17) is 0 Å². The predicted octanol–water partition coefficient (Wildman–Crippen LogP) is 1.60. The van der Waals surface area contributed by atoms with Crippen molar-refractivity contribution in [3.05, 3.63) is 60.2 Å². The van der Waals surface area contributed by atoms with E-state index in [0.717, 1.165) is 5.56 Å². The summed E-state index contributed by atoms with van der Waals surface area (Å²) < 4.78 is 0. The first kappa shape index (κ1) is 15.7. The number of fused-ring (bicyclic) bond motifs is 1. The number of nitrogens with zero attached hydrogens (tertiary/aromatic N) is 4. The lowest BCUT2D eigenvalue weighted by Gasteiger charge is -2.34. The van der Waals surface area contributed by atoms with Gasteiger partial charge in [0.15, 0.2) is 0 Å². The van der Waals surface area contributed by atoms with Crippen molar-refractivity contribution in [2.45, 2.75) is 13.0 Å². The molecule has 2 amide bonds. The second-order valence-electron chi connectivity index (χ2n) is 6.79. The quantitative estimate of drug-likeness (QED) is 0.854. The summed E-state index contributed by atoms with van der Waals surface area (Å²) in [5.41, 5.74) is 1.56. The summed E-state index contributed by atoms with van der Waals surface area (Å²) in [6, 6.07) is 11.7. The van der Waals surface area contributed by atoms with Gasteiger partial charge in [-0.25, -0.2) is 9.97 Å². The molecule has 0 radical (unpaired) electrons. The van der Waals surface area contributed by atoms with Crippen molar-refractivity contribution < 1.29 is 9.59 Å². The average Bonchev–Trinajstić information content (AvgIpc) is 3.05. The third-order valence-electron chi connectivity index (χ3n) is 5.13. The van der Waals surface area contributed by atoms with Crippen LogP contribution in [0, 0.1) is 11.8 Å². The molecule has 2 atom stereocenters. The minimum atomic E-state index is -0.0705. The lowest BCUT2D eigenvalue weighted by molar-refractivity contribution is -0.136. The van der Waals surface area contributed by atoms with E-state index in [1.807, 2.05) is 40.1 Å². The van der Waals surface area contributed by atoms with Crippen molar-refractivity contribution in [2.24, 2.45) is 11.8 Å². The number of hydrogen-bond donors (Lipinski definition) is 0. The van der Waals surface area contributed by atoms with Gasteiger partial charge in [-0.05, 0) is 23.5 Å². The van der Waals surface area contributed by atoms with Gasteiger partial charge in [0.25, 0.3) is 5.91 Å². The van der Waals surface area contributed by atoms with E-state index in [-0.39, 0.29) is 17.7 Å². The Morgan fingerprint density at radius 1 is 1.08 bits per heavy atom. The highest BCUT2D eigenvalue weighted by molar-refractivity contribution is 5.92. The fraction of sp³-hybridized carbons (Fsp3) is 0.368. The molecule has 0 unspecified atom stereocenters. The van der Waals surface area contributed by atoms with E-state index in [1.54, 1.807) is 12.3 Å². The normalized spacial score (nSPS) is 22.8. The van der Waals surface area contributed by atoms with Crippen LogP contribution in [0.5, 0.6) is 0 Å². The maximum absolute atomic E-state index is 12.6. The number of carbonyl (C=O) groups is 2. The van der Waals surface area contributed by atoms with Gasteiger partial charge in [0, 0.05) is 38.8 Å². The van der Waals surface area contributed by atoms with Gasteiger partial charge in [0.1, 0.15) is 12.0 Å². The van der Waals surface area contributed by atoms with Gasteiger partial charge in [0.05, 0.1) is 0 Å². The lowest BCUT2D eigenvalue weighted by atomic mass is 9.88. The number of likely N-dealkylation sites (tertiary alicyclic amines) is 2. The maximum Gasteiger partial charge on any atom is 0.272 e.